The molecule has 0 aliphatic carbocycles. The Morgan fingerprint density at radius 2 is 2.25 bits per heavy atom. The Balaban J connectivity index is 2.78. The average molecular weight is 152 g/mol. The van der Waals surface area contributed by atoms with Gasteiger partial charge in [0.1, 0.15) is 0 Å². The highest BCUT2D eigenvalue weighted by Crippen LogP contribution is 2.11. The molecule has 1 heterocycles. The van der Waals surface area contributed by atoms with Gasteiger partial charge in [-0.25, -0.2) is 4.98 Å². The zero-order valence-electron chi connectivity index (χ0n) is 6.41. The molecule has 1 radical (unpaired) electrons. The van der Waals surface area contributed by atoms with E-state index in [1.807, 2.05) is 24.3 Å². The van der Waals surface area contributed by atoms with Crippen molar-refractivity contribution in [2.24, 2.45) is 0 Å². The van der Waals surface area contributed by atoms with E-state index in [4.69, 9.17) is 6.42 Å². The lowest BCUT2D eigenvalue weighted by Crippen LogP contribution is -1.79. The van der Waals surface area contributed by atoms with Crippen LogP contribution in [0.25, 0.3) is 10.9 Å². The van der Waals surface area contributed by atoms with Crippen molar-refractivity contribution in [2.45, 2.75) is 0 Å². The molecule has 2 aromatic rings. The van der Waals surface area contributed by atoms with Crippen molar-refractivity contribution in [3.05, 3.63) is 42.1 Å². The van der Waals surface area contributed by atoms with E-state index in [9.17, 15) is 0 Å². The number of nitrogens with zero attached hydrogens (tertiary/aromatic N) is 1. The Labute approximate surface area is 71.1 Å². The van der Waals surface area contributed by atoms with Crippen LogP contribution < -0.4 is 0 Å². The van der Waals surface area contributed by atoms with Crippen molar-refractivity contribution in [1.29, 1.82) is 0 Å². The third kappa shape index (κ3) is 1.04. The zero-order valence-corrected chi connectivity index (χ0v) is 6.41. The van der Waals surface area contributed by atoms with Crippen molar-refractivity contribution in [3.63, 3.8) is 0 Å². The molecule has 0 aliphatic rings. The van der Waals surface area contributed by atoms with Gasteiger partial charge >= 0.3 is 0 Å². The molecule has 0 bridgehead atoms. The number of pyridine rings is 1. The lowest BCUT2D eigenvalue weighted by Gasteiger charge is -1.95. The van der Waals surface area contributed by atoms with E-state index in [2.05, 4.69) is 17.1 Å². The van der Waals surface area contributed by atoms with Crippen molar-refractivity contribution in [3.8, 4) is 12.3 Å². The van der Waals surface area contributed by atoms with Crippen LogP contribution in [0.15, 0.2) is 30.3 Å². The van der Waals surface area contributed by atoms with Gasteiger partial charge in [0, 0.05) is 10.9 Å². The van der Waals surface area contributed by atoms with Crippen molar-refractivity contribution in [2.75, 3.05) is 0 Å². The smallest absolute Gasteiger partial charge is 0.0894 e. The van der Waals surface area contributed by atoms with E-state index in [0.717, 1.165) is 16.5 Å². The van der Waals surface area contributed by atoms with Crippen LogP contribution in [-0.2, 0) is 0 Å². The highest BCUT2D eigenvalue weighted by Gasteiger charge is 1.92. The van der Waals surface area contributed by atoms with E-state index in [0.29, 0.717) is 0 Å². The molecule has 1 aromatic heterocycles. The predicted molar refractivity (Wildman–Crippen MR) is 48.5 cm³/mol. The summed E-state index contributed by atoms with van der Waals surface area (Å²) in [6.07, 6.45) is 8.03. The summed E-state index contributed by atoms with van der Waals surface area (Å²) in [6.45, 7) is 0. The number of rotatable bonds is 0. The van der Waals surface area contributed by atoms with E-state index in [1.54, 1.807) is 6.07 Å². The second-order valence-electron chi connectivity index (χ2n) is 2.49. The zero-order chi connectivity index (χ0) is 8.39. The Morgan fingerprint density at radius 1 is 1.33 bits per heavy atom. The highest BCUT2D eigenvalue weighted by atomic mass is 14.6. The summed E-state index contributed by atoms with van der Waals surface area (Å²) in [7, 11) is 0. The SMILES string of the molecule is C#Cc1ccc2n[c]ccc2c1. The van der Waals surface area contributed by atoms with Gasteiger partial charge in [0.05, 0.1) is 11.7 Å². The minimum atomic E-state index is 0.885. The number of hydrogen-bond acceptors (Lipinski definition) is 1. The lowest BCUT2D eigenvalue weighted by molar-refractivity contribution is 1.39. The maximum Gasteiger partial charge on any atom is 0.0894 e. The summed E-state index contributed by atoms with van der Waals surface area (Å²) in [4.78, 5) is 4.06. The van der Waals surface area contributed by atoms with E-state index < -0.39 is 0 Å². The molecule has 55 valence electrons. The fourth-order valence-corrected chi connectivity index (χ4v) is 1.11. The number of terminal acetylenes is 1. The standard InChI is InChI=1S/C11H6N/c1-2-9-5-6-11-10(8-9)4-3-7-12-11/h1,3-6,8H. The summed E-state index contributed by atoms with van der Waals surface area (Å²) >= 11 is 0. The Morgan fingerprint density at radius 3 is 3.08 bits per heavy atom. The molecular weight excluding hydrogens is 146 g/mol. The van der Waals surface area contributed by atoms with Crippen LogP contribution >= 0.6 is 0 Å². The molecule has 0 N–H and O–H groups in total. The molecule has 0 aliphatic heterocycles. The number of hydrogen-bond donors (Lipinski definition) is 0. The molecule has 1 nitrogen and oxygen atoms in total. The maximum absolute atomic E-state index is 5.26. The Bertz CT molecular complexity index is 452. The first-order valence-corrected chi connectivity index (χ1v) is 3.63. The van der Waals surface area contributed by atoms with Gasteiger partial charge in [0.2, 0.25) is 0 Å². The lowest BCUT2D eigenvalue weighted by atomic mass is 10.1. The molecule has 0 spiro atoms. The maximum atomic E-state index is 5.26. The summed E-state index contributed by atoms with van der Waals surface area (Å²) in [5.74, 6) is 2.58. The monoisotopic (exact) mass is 152 g/mol. The van der Waals surface area contributed by atoms with Crippen LogP contribution in [0.2, 0.25) is 0 Å². The fourth-order valence-electron chi connectivity index (χ4n) is 1.11. The molecule has 12 heavy (non-hydrogen) atoms. The third-order valence-electron chi connectivity index (χ3n) is 1.72. The largest absolute Gasteiger partial charge is 0.246 e. The molecule has 1 aromatic carbocycles. The van der Waals surface area contributed by atoms with Crippen molar-refractivity contribution in [1.82, 2.24) is 4.98 Å². The molecule has 0 fully saturated rings. The van der Waals surface area contributed by atoms with Crippen LogP contribution in [0.4, 0.5) is 0 Å². The molecule has 0 unspecified atom stereocenters. The van der Waals surface area contributed by atoms with E-state index in [-0.39, 0.29) is 0 Å². The molecule has 2 rings (SSSR count). The van der Waals surface area contributed by atoms with Crippen LogP contribution in [0.5, 0.6) is 0 Å². The Hall–Kier alpha value is -1.81. The minimum Gasteiger partial charge on any atom is -0.246 e. The van der Waals surface area contributed by atoms with Crippen molar-refractivity contribution >= 4 is 10.9 Å². The second kappa shape index (κ2) is 2.67. The molecule has 0 saturated carbocycles. The normalized spacial score (nSPS) is 9.58. The number of fused-ring (bicyclic) bond motifs is 1. The van der Waals surface area contributed by atoms with Crippen LogP contribution in [-0.4, -0.2) is 4.98 Å². The fraction of sp³-hybridized carbons (Fsp3) is 0. The first-order valence-electron chi connectivity index (χ1n) is 3.63. The minimum absolute atomic E-state index is 0.885. The first-order chi connectivity index (χ1) is 5.90. The topological polar surface area (TPSA) is 12.9 Å². The summed E-state index contributed by atoms with van der Waals surface area (Å²) in [5.41, 5.74) is 1.81. The highest BCUT2D eigenvalue weighted by molar-refractivity contribution is 5.79. The number of benzene rings is 1. The van der Waals surface area contributed by atoms with Gasteiger partial charge in [0.15, 0.2) is 0 Å². The summed E-state index contributed by atoms with van der Waals surface area (Å²) in [6, 6.07) is 9.45. The third-order valence-corrected chi connectivity index (χ3v) is 1.72. The van der Waals surface area contributed by atoms with Gasteiger partial charge < -0.3 is 0 Å². The summed E-state index contributed by atoms with van der Waals surface area (Å²) in [5, 5.41) is 1.06. The van der Waals surface area contributed by atoms with Crippen molar-refractivity contribution < 1.29 is 0 Å². The van der Waals surface area contributed by atoms with E-state index >= 15 is 0 Å². The van der Waals surface area contributed by atoms with Gasteiger partial charge in [0.25, 0.3) is 0 Å². The quantitative estimate of drug-likeness (QED) is 0.526. The molecular formula is C11H6N. The van der Waals surface area contributed by atoms with Crippen LogP contribution in [0.1, 0.15) is 5.56 Å². The molecule has 1 heteroatoms. The van der Waals surface area contributed by atoms with Gasteiger partial charge in [-0.3, -0.25) is 0 Å². The van der Waals surface area contributed by atoms with E-state index in [1.165, 1.54) is 0 Å². The van der Waals surface area contributed by atoms with Crippen LogP contribution in [0, 0.1) is 18.5 Å². The van der Waals surface area contributed by atoms with Gasteiger partial charge in [-0.15, -0.1) is 6.42 Å². The average Bonchev–Trinajstić information content (AvgIpc) is 2.17. The molecule has 0 amide bonds. The first kappa shape index (κ1) is 6.87. The predicted octanol–water partition coefficient (Wildman–Crippen LogP) is 2.02. The molecule has 0 saturated heterocycles. The summed E-state index contributed by atoms with van der Waals surface area (Å²) < 4.78 is 0. The molecule has 0 atom stereocenters. The number of aromatic nitrogens is 1. The Kier molecular flexibility index (Phi) is 1.53. The van der Waals surface area contributed by atoms with Crippen LogP contribution in [0.3, 0.4) is 0 Å². The van der Waals surface area contributed by atoms with Gasteiger partial charge in [-0.2, -0.15) is 0 Å². The van der Waals surface area contributed by atoms with Gasteiger partial charge in [-0.1, -0.05) is 12.0 Å². The van der Waals surface area contributed by atoms with Gasteiger partial charge in [-0.05, 0) is 24.3 Å². The second-order valence-corrected chi connectivity index (χ2v) is 2.49.